The number of piperidine rings is 1. The summed E-state index contributed by atoms with van der Waals surface area (Å²) < 4.78 is 2.29. The fourth-order valence-corrected chi connectivity index (χ4v) is 5.02. The van der Waals surface area contributed by atoms with Crippen LogP contribution in [-0.4, -0.2) is 40.3 Å². The summed E-state index contributed by atoms with van der Waals surface area (Å²) in [5.41, 5.74) is 5.06. The Morgan fingerprint density at radius 3 is 2.47 bits per heavy atom. The van der Waals surface area contributed by atoms with Gasteiger partial charge in [0, 0.05) is 38.6 Å². The van der Waals surface area contributed by atoms with Gasteiger partial charge in [-0.1, -0.05) is 54.6 Å². The predicted molar refractivity (Wildman–Crippen MR) is 120 cm³/mol. The summed E-state index contributed by atoms with van der Waals surface area (Å²) in [5, 5.41) is 0. The summed E-state index contributed by atoms with van der Waals surface area (Å²) in [4.78, 5) is 16.6. The highest BCUT2D eigenvalue weighted by atomic mass is 16.1. The Bertz CT molecular complexity index is 988. The van der Waals surface area contributed by atoms with Crippen LogP contribution in [0.3, 0.4) is 0 Å². The van der Waals surface area contributed by atoms with Gasteiger partial charge in [0.1, 0.15) is 6.29 Å². The SMILES string of the molecule is O=CC1c2ccccc2CN1CC1CCN(Cn2ccc(-c3ccccc3)c2)CC1. The zero-order valence-electron chi connectivity index (χ0n) is 17.4. The maximum Gasteiger partial charge on any atom is 0.141 e. The lowest BCUT2D eigenvalue weighted by Gasteiger charge is -2.34. The van der Waals surface area contributed by atoms with Crippen LogP contribution in [0.2, 0.25) is 0 Å². The molecule has 154 valence electrons. The summed E-state index contributed by atoms with van der Waals surface area (Å²) in [6, 6.07) is 21.1. The van der Waals surface area contributed by atoms with Crippen molar-refractivity contribution in [2.45, 2.75) is 32.1 Å². The van der Waals surface area contributed by atoms with Crippen molar-refractivity contribution in [2.75, 3.05) is 19.6 Å². The van der Waals surface area contributed by atoms with Crippen molar-refractivity contribution < 1.29 is 4.79 Å². The number of benzene rings is 2. The second kappa shape index (κ2) is 8.58. The van der Waals surface area contributed by atoms with Crippen molar-refractivity contribution in [3.05, 3.63) is 84.2 Å². The normalized spacial score (nSPS) is 20.3. The van der Waals surface area contributed by atoms with Crippen LogP contribution in [0.1, 0.15) is 30.0 Å². The fourth-order valence-electron chi connectivity index (χ4n) is 5.02. The quantitative estimate of drug-likeness (QED) is 0.568. The molecule has 3 heterocycles. The average Bonchev–Trinajstić information content (AvgIpc) is 3.40. The van der Waals surface area contributed by atoms with E-state index in [1.54, 1.807) is 0 Å². The maximum absolute atomic E-state index is 11.7. The fraction of sp³-hybridized carbons (Fsp3) is 0.346. The number of carbonyl (C=O) groups is 1. The van der Waals surface area contributed by atoms with E-state index >= 15 is 0 Å². The first-order chi connectivity index (χ1) is 14.8. The number of fused-ring (bicyclic) bond motifs is 1. The molecule has 1 unspecified atom stereocenters. The highest BCUT2D eigenvalue weighted by molar-refractivity contribution is 5.64. The van der Waals surface area contributed by atoms with Gasteiger partial charge in [-0.15, -0.1) is 0 Å². The Kier molecular flexibility index (Phi) is 5.52. The molecule has 0 bridgehead atoms. The minimum Gasteiger partial charge on any atom is -0.340 e. The van der Waals surface area contributed by atoms with E-state index in [0.29, 0.717) is 5.92 Å². The lowest BCUT2D eigenvalue weighted by Crippen LogP contribution is -2.39. The molecule has 30 heavy (non-hydrogen) atoms. The van der Waals surface area contributed by atoms with E-state index in [1.165, 1.54) is 35.1 Å². The molecule has 1 fully saturated rings. The summed E-state index contributed by atoms with van der Waals surface area (Å²) >= 11 is 0. The van der Waals surface area contributed by atoms with E-state index in [9.17, 15) is 4.79 Å². The van der Waals surface area contributed by atoms with Crippen LogP contribution < -0.4 is 0 Å². The zero-order chi connectivity index (χ0) is 20.3. The Hall–Kier alpha value is -2.69. The second-order valence-electron chi connectivity index (χ2n) is 8.69. The van der Waals surface area contributed by atoms with E-state index in [1.807, 2.05) is 6.07 Å². The van der Waals surface area contributed by atoms with Crippen LogP contribution in [0.5, 0.6) is 0 Å². The molecular formula is C26H29N3O. The van der Waals surface area contributed by atoms with Crippen LogP contribution in [0, 0.1) is 5.92 Å². The predicted octanol–water partition coefficient (Wildman–Crippen LogP) is 4.58. The molecule has 3 aromatic rings. The largest absolute Gasteiger partial charge is 0.340 e. The Labute approximate surface area is 178 Å². The highest BCUT2D eigenvalue weighted by Crippen LogP contribution is 2.34. The Morgan fingerprint density at radius 1 is 0.900 bits per heavy atom. The molecule has 1 saturated heterocycles. The van der Waals surface area contributed by atoms with Gasteiger partial charge in [-0.3, -0.25) is 9.80 Å². The number of hydrogen-bond acceptors (Lipinski definition) is 3. The molecule has 0 spiro atoms. The number of likely N-dealkylation sites (tertiary alicyclic amines) is 1. The lowest BCUT2D eigenvalue weighted by atomic mass is 9.96. The van der Waals surface area contributed by atoms with Crippen molar-refractivity contribution in [3.8, 4) is 11.1 Å². The first-order valence-electron chi connectivity index (χ1n) is 11.0. The van der Waals surface area contributed by atoms with Crippen molar-refractivity contribution in [1.82, 2.24) is 14.4 Å². The number of nitrogens with zero attached hydrogens (tertiary/aromatic N) is 3. The Morgan fingerprint density at radius 2 is 1.67 bits per heavy atom. The van der Waals surface area contributed by atoms with E-state index in [2.05, 4.69) is 81.4 Å². The topological polar surface area (TPSA) is 28.5 Å². The summed E-state index contributed by atoms with van der Waals surface area (Å²) in [6.07, 6.45) is 7.95. The van der Waals surface area contributed by atoms with Crippen molar-refractivity contribution >= 4 is 6.29 Å². The van der Waals surface area contributed by atoms with Gasteiger partial charge in [0.2, 0.25) is 0 Å². The highest BCUT2D eigenvalue weighted by Gasteiger charge is 2.32. The number of aromatic nitrogens is 1. The molecule has 2 aromatic carbocycles. The van der Waals surface area contributed by atoms with Crippen molar-refractivity contribution in [1.29, 1.82) is 0 Å². The molecule has 0 radical (unpaired) electrons. The minimum atomic E-state index is -0.0597. The summed E-state index contributed by atoms with van der Waals surface area (Å²) in [6.45, 7) is 5.12. The Balaban J connectivity index is 1.14. The summed E-state index contributed by atoms with van der Waals surface area (Å²) in [5.74, 6) is 0.669. The molecule has 0 amide bonds. The molecule has 1 aromatic heterocycles. The van der Waals surface area contributed by atoms with Gasteiger partial charge in [0.05, 0.1) is 12.7 Å². The van der Waals surface area contributed by atoms with Gasteiger partial charge in [0.25, 0.3) is 0 Å². The van der Waals surface area contributed by atoms with E-state index in [0.717, 1.165) is 39.1 Å². The van der Waals surface area contributed by atoms with Crippen LogP contribution in [0.15, 0.2) is 73.1 Å². The molecule has 0 N–H and O–H groups in total. The van der Waals surface area contributed by atoms with Gasteiger partial charge in [-0.25, -0.2) is 0 Å². The molecule has 0 aliphatic carbocycles. The average molecular weight is 400 g/mol. The standard InChI is InChI=1S/C26H29N3O/c30-19-26-25-9-5-4-8-24(25)18-29(26)16-21-10-13-27(14-11-21)20-28-15-12-23(17-28)22-6-2-1-3-7-22/h1-9,12,15,17,19,21,26H,10-11,13-14,16,18,20H2. The monoisotopic (exact) mass is 399 g/mol. The number of hydrogen-bond donors (Lipinski definition) is 0. The molecular weight excluding hydrogens is 370 g/mol. The zero-order valence-corrected chi connectivity index (χ0v) is 17.4. The molecule has 1 atom stereocenters. The molecule has 0 saturated carbocycles. The van der Waals surface area contributed by atoms with Crippen LogP contribution in [0.25, 0.3) is 11.1 Å². The molecule has 5 rings (SSSR count). The van der Waals surface area contributed by atoms with Gasteiger partial charge in [-0.2, -0.15) is 0 Å². The maximum atomic E-state index is 11.7. The van der Waals surface area contributed by atoms with E-state index in [4.69, 9.17) is 0 Å². The van der Waals surface area contributed by atoms with Gasteiger partial charge in [-0.05, 0) is 47.1 Å². The van der Waals surface area contributed by atoms with Gasteiger partial charge >= 0.3 is 0 Å². The third-order valence-corrected chi connectivity index (χ3v) is 6.69. The molecule has 2 aliphatic rings. The first kappa shape index (κ1) is 19.3. The molecule has 4 heteroatoms. The van der Waals surface area contributed by atoms with Gasteiger partial charge < -0.3 is 9.36 Å². The van der Waals surface area contributed by atoms with Crippen molar-refractivity contribution in [2.24, 2.45) is 5.92 Å². The van der Waals surface area contributed by atoms with E-state index in [-0.39, 0.29) is 6.04 Å². The van der Waals surface area contributed by atoms with E-state index < -0.39 is 0 Å². The van der Waals surface area contributed by atoms with Crippen LogP contribution in [0.4, 0.5) is 0 Å². The molecule has 2 aliphatic heterocycles. The van der Waals surface area contributed by atoms with Gasteiger partial charge in [0.15, 0.2) is 0 Å². The number of rotatable bonds is 6. The molecule has 4 nitrogen and oxygen atoms in total. The smallest absolute Gasteiger partial charge is 0.141 e. The van der Waals surface area contributed by atoms with Crippen LogP contribution >= 0.6 is 0 Å². The van der Waals surface area contributed by atoms with Crippen LogP contribution in [-0.2, 0) is 18.0 Å². The first-order valence-corrected chi connectivity index (χ1v) is 11.0. The number of aldehydes is 1. The minimum absolute atomic E-state index is 0.0597. The number of carbonyl (C=O) groups excluding carboxylic acids is 1. The third-order valence-electron chi connectivity index (χ3n) is 6.69. The summed E-state index contributed by atoms with van der Waals surface area (Å²) in [7, 11) is 0. The second-order valence-corrected chi connectivity index (χ2v) is 8.69. The van der Waals surface area contributed by atoms with Crippen molar-refractivity contribution in [3.63, 3.8) is 0 Å². The third kappa shape index (κ3) is 3.98. The lowest BCUT2D eigenvalue weighted by molar-refractivity contribution is -0.112.